The molecule has 20 heavy (non-hydrogen) atoms. The summed E-state index contributed by atoms with van der Waals surface area (Å²) in [5, 5.41) is 3.68. The molecule has 6 heteroatoms. The molecule has 5 nitrogen and oxygen atoms in total. The maximum absolute atomic E-state index is 5.73. The summed E-state index contributed by atoms with van der Waals surface area (Å²) in [7, 11) is 0. The first-order valence-corrected chi connectivity index (χ1v) is 6.79. The first-order chi connectivity index (χ1) is 9.81. The summed E-state index contributed by atoms with van der Waals surface area (Å²) < 4.78 is 11.0. The number of anilines is 1. The maximum Gasteiger partial charge on any atom is 0.222 e. The van der Waals surface area contributed by atoms with Gasteiger partial charge in [-0.25, -0.2) is 9.97 Å². The number of nitrogens with zero attached hydrogens (tertiary/aromatic N) is 2. The molecule has 0 saturated heterocycles. The molecule has 104 valence electrons. The Balaban J connectivity index is 1.57. The number of hydrogen-bond donors (Lipinski definition) is 1. The summed E-state index contributed by atoms with van der Waals surface area (Å²) in [6.45, 7) is 1.95. The second kappa shape index (κ2) is 5.96. The number of hydrogen-bond acceptors (Lipinski definition) is 5. The highest BCUT2D eigenvalue weighted by molar-refractivity contribution is 6.30. The van der Waals surface area contributed by atoms with Gasteiger partial charge >= 0.3 is 0 Å². The van der Waals surface area contributed by atoms with Gasteiger partial charge in [0.1, 0.15) is 13.2 Å². The van der Waals surface area contributed by atoms with Crippen molar-refractivity contribution in [3.8, 4) is 11.5 Å². The van der Waals surface area contributed by atoms with Crippen molar-refractivity contribution in [2.45, 2.75) is 6.42 Å². The molecule has 0 bridgehead atoms. The van der Waals surface area contributed by atoms with Gasteiger partial charge in [-0.15, -0.1) is 0 Å². The molecular weight excluding hydrogens is 278 g/mol. The van der Waals surface area contributed by atoms with Crippen LogP contribution in [0.3, 0.4) is 0 Å². The number of rotatable bonds is 4. The van der Waals surface area contributed by atoms with Gasteiger partial charge in [0.05, 0.1) is 17.4 Å². The number of benzene rings is 1. The van der Waals surface area contributed by atoms with Crippen molar-refractivity contribution in [1.82, 2.24) is 9.97 Å². The van der Waals surface area contributed by atoms with Crippen LogP contribution in [0.25, 0.3) is 0 Å². The predicted octanol–water partition coefficient (Wildman–Crippen LogP) is 2.56. The molecular formula is C14H14ClN3O2. The van der Waals surface area contributed by atoms with Crippen LogP contribution in [0.1, 0.15) is 5.56 Å². The molecule has 1 aliphatic rings. The Kier molecular flexibility index (Phi) is 3.87. The van der Waals surface area contributed by atoms with E-state index in [1.807, 2.05) is 18.2 Å². The third-order valence-corrected chi connectivity index (χ3v) is 3.12. The Bertz CT molecular complexity index is 589. The van der Waals surface area contributed by atoms with Crippen molar-refractivity contribution in [2.75, 3.05) is 25.1 Å². The summed E-state index contributed by atoms with van der Waals surface area (Å²) >= 11 is 5.73. The number of ether oxygens (including phenoxy) is 2. The lowest BCUT2D eigenvalue weighted by Crippen LogP contribution is -2.15. The van der Waals surface area contributed by atoms with Crippen LogP contribution < -0.4 is 14.8 Å². The summed E-state index contributed by atoms with van der Waals surface area (Å²) in [5.74, 6) is 2.21. The quantitative estimate of drug-likeness (QED) is 0.938. The lowest BCUT2D eigenvalue weighted by molar-refractivity contribution is 0.171. The van der Waals surface area contributed by atoms with Crippen molar-refractivity contribution in [3.63, 3.8) is 0 Å². The van der Waals surface area contributed by atoms with Gasteiger partial charge in [-0.2, -0.15) is 0 Å². The summed E-state index contributed by atoms with van der Waals surface area (Å²) in [6, 6.07) is 6.00. The fourth-order valence-electron chi connectivity index (χ4n) is 1.97. The fourth-order valence-corrected chi connectivity index (χ4v) is 2.06. The Hall–Kier alpha value is -2.01. The molecule has 0 unspecified atom stereocenters. The molecule has 2 aromatic rings. The van der Waals surface area contributed by atoms with Crippen molar-refractivity contribution >= 4 is 17.5 Å². The first kappa shape index (κ1) is 13.0. The monoisotopic (exact) mass is 291 g/mol. The molecule has 1 aromatic carbocycles. The van der Waals surface area contributed by atoms with E-state index in [9.17, 15) is 0 Å². The molecule has 1 aromatic heterocycles. The zero-order valence-corrected chi connectivity index (χ0v) is 11.6. The number of fused-ring (bicyclic) bond motifs is 1. The van der Waals surface area contributed by atoms with E-state index in [0.717, 1.165) is 24.5 Å². The lowest BCUT2D eigenvalue weighted by Gasteiger charge is -2.18. The van der Waals surface area contributed by atoms with Crippen LogP contribution in [-0.4, -0.2) is 29.7 Å². The van der Waals surface area contributed by atoms with E-state index in [1.54, 1.807) is 12.4 Å². The average molecular weight is 292 g/mol. The fraction of sp³-hybridized carbons (Fsp3) is 0.286. The Morgan fingerprint density at radius 3 is 2.65 bits per heavy atom. The lowest BCUT2D eigenvalue weighted by atomic mass is 10.1. The van der Waals surface area contributed by atoms with Crippen LogP contribution >= 0.6 is 11.6 Å². The van der Waals surface area contributed by atoms with E-state index >= 15 is 0 Å². The minimum atomic E-state index is 0.530. The van der Waals surface area contributed by atoms with Crippen LogP contribution in [0, 0.1) is 0 Å². The third kappa shape index (κ3) is 3.11. The molecule has 2 heterocycles. The maximum atomic E-state index is 5.73. The zero-order valence-electron chi connectivity index (χ0n) is 10.8. The molecule has 3 rings (SSSR count). The van der Waals surface area contributed by atoms with Crippen molar-refractivity contribution in [1.29, 1.82) is 0 Å². The predicted molar refractivity (Wildman–Crippen MR) is 76.7 cm³/mol. The molecule has 0 aliphatic carbocycles. The first-order valence-electron chi connectivity index (χ1n) is 6.41. The summed E-state index contributed by atoms with van der Waals surface area (Å²) in [6.07, 6.45) is 3.99. The van der Waals surface area contributed by atoms with E-state index in [1.165, 1.54) is 5.56 Å². The topological polar surface area (TPSA) is 56.3 Å². The molecule has 0 atom stereocenters. The SMILES string of the molecule is Clc1cnc(NCCc2ccc3c(c2)OCCO3)nc1. The van der Waals surface area contributed by atoms with Gasteiger partial charge in [-0.1, -0.05) is 17.7 Å². The molecule has 1 aliphatic heterocycles. The van der Waals surface area contributed by atoms with Gasteiger partial charge in [0.15, 0.2) is 11.5 Å². The highest BCUT2D eigenvalue weighted by atomic mass is 35.5. The van der Waals surface area contributed by atoms with Crippen LogP contribution in [0.5, 0.6) is 11.5 Å². The normalized spacial score (nSPS) is 13.1. The van der Waals surface area contributed by atoms with Crippen LogP contribution in [0.15, 0.2) is 30.6 Å². The Morgan fingerprint density at radius 2 is 1.85 bits per heavy atom. The second-order valence-corrected chi connectivity index (χ2v) is 4.82. The van der Waals surface area contributed by atoms with Gasteiger partial charge in [0.2, 0.25) is 5.95 Å². The molecule has 0 radical (unpaired) electrons. The number of nitrogens with one attached hydrogen (secondary N) is 1. The van der Waals surface area contributed by atoms with Crippen molar-refractivity contribution in [3.05, 3.63) is 41.2 Å². The number of halogens is 1. The van der Waals surface area contributed by atoms with Crippen LogP contribution in [-0.2, 0) is 6.42 Å². The third-order valence-electron chi connectivity index (χ3n) is 2.92. The zero-order chi connectivity index (χ0) is 13.8. The average Bonchev–Trinajstić information content (AvgIpc) is 2.49. The van der Waals surface area contributed by atoms with Crippen molar-refractivity contribution < 1.29 is 9.47 Å². The van der Waals surface area contributed by atoms with Gasteiger partial charge in [-0.05, 0) is 24.1 Å². The van der Waals surface area contributed by atoms with E-state index in [2.05, 4.69) is 15.3 Å². The molecule has 0 amide bonds. The second-order valence-electron chi connectivity index (χ2n) is 4.38. The van der Waals surface area contributed by atoms with Crippen LogP contribution in [0.2, 0.25) is 5.02 Å². The molecule has 0 saturated carbocycles. The minimum Gasteiger partial charge on any atom is -0.486 e. The van der Waals surface area contributed by atoms with E-state index < -0.39 is 0 Å². The van der Waals surface area contributed by atoms with Crippen LogP contribution in [0.4, 0.5) is 5.95 Å². The van der Waals surface area contributed by atoms with Gasteiger partial charge in [-0.3, -0.25) is 0 Å². The molecule has 0 fully saturated rings. The summed E-state index contributed by atoms with van der Waals surface area (Å²) in [5.41, 5.74) is 1.18. The van der Waals surface area contributed by atoms with Crippen molar-refractivity contribution in [2.24, 2.45) is 0 Å². The number of aromatic nitrogens is 2. The Labute approximate surface area is 121 Å². The van der Waals surface area contributed by atoms with Gasteiger partial charge in [0.25, 0.3) is 0 Å². The molecule has 0 spiro atoms. The van der Waals surface area contributed by atoms with E-state index in [4.69, 9.17) is 21.1 Å². The Morgan fingerprint density at radius 1 is 1.10 bits per heavy atom. The largest absolute Gasteiger partial charge is 0.486 e. The van der Waals surface area contributed by atoms with E-state index in [0.29, 0.717) is 24.2 Å². The smallest absolute Gasteiger partial charge is 0.222 e. The highest BCUT2D eigenvalue weighted by Crippen LogP contribution is 2.30. The molecule has 1 N–H and O–H groups in total. The van der Waals surface area contributed by atoms with E-state index in [-0.39, 0.29) is 0 Å². The minimum absolute atomic E-state index is 0.530. The van der Waals surface area contributed by atoms with Gasteiger partial charge < -0.3 is 14.8 Å². The van der Waals surface area contributed by atoms with Gasteiger partial charge in [0, 0.05) is 6.54 Å². The summed E-state index contributed by atoms with van der Waals surface area (Å²) in [4.78, 5) is 8.16. The standard InChI is InChI=1S/C14H14ClN3O2/c15-11-8-17-14(18-9-11)16-4-3-10-1-2-12-13(7-10)20-6-5-19-12/h1-2,7-9H,3-6H2,(H,16,17,18). The highest BCUT2D eigenvalue weighted by Gasteiger charge is 2.11.